The summed E-state index contributed by atoms with van der Waals surface area (Å²) < 4.78 is 4.88. The molecule has 1 aromatic rings. The number of ether oxygens (including phenoxy) is 1. The Hall–Kier alpha value is -0.880. The second kappa shape index (κ2) is 6.65. The van der Waals surface area contributed by atoms with Gasteiger partial charge in [-0.1, -0.05) is 15.9 Å². The number of hydrogen-bond acceptors (Lipinski definition) is 4. The van der Waals surface area contributed by atoms with Gasteiger partial charge in [0.05, 0.1) is 12.2 Å². The van der Waals surface area contributed by atoms with Crippen LogP contribution in [0.25, 0.3) is 0 Å². The molecular formula is C10H12BrNO3S. The predicted octanol–water partition coefficient (Wildman–Crippen LogP) is 2.65. The summed E-state index contributed by atoms with van der Waals surface area (Å²) in [4.78, 5) is 22.8. The van der Waals surface area contributed by atoms with Gasteiger partial charge in [-0.05, 0) is 18.4 Å². The average Bonchev–Trinajstić information content (AvgIpc) is 2.66. The van der Waals surface area contributed by atoms with Gasteiger partial charge in [0, 0.05) is 11.8 Å². The summed E-state index contributed by atoms with van der Waals surface area (Å²) in [5, 5.41) is 5.57. The summed E-state index contributed by atoms with van der Waals surface area (Å²) in [5.41, 5.74) is 0.412. The number of esters is 1. The minimum Gasteiger partial charge on any atom is -0.462 e. The van der Waals surface area contributed by atoms with Crippen molar-refractivity contribution < 1.29 is 14.3 Å². The summed E-state index contributed by atoms with van der Waals surface area (Å²) in [5.74, 6) is -0.525. The van der Waals surface area contributed by atoms with Gasteiger partial charge in [-0.15, -0.1) is 11.3 Å². The SMILES string of the molecule is CCOC(=O)c1ccsc1NC(=O)CCBr. The van der Waals surface area contributed by atoms with Gasteiger partial charge >= 0.3 is 5.97 Å². The van der Waals surface area contributed by atoms with E-state index < -0.39 is 5.97 Å². The minimum atomic E-state index is -0.405. The van der Waals surface area contributed by atoms with Crippen molar-refractivity contribution in [2.24, 2.45) is 0 Å². The molecular weight excluding hydrogens is 294 g/mol. The number of hydrogen-bond donors (Lipinski definition) is 1. The molecule has 0 atom stereocenters. The molecule has 0 spiro atoms. The molecule has 0 bridgehead atoms. The normalized spacial score (nSPS) is 9.88. The van der Waals surface area contributed by atoms with Crippen LogP contribution in [0, 0.1) is 0 Å². The lowest BCUT2D eigenvalue weighted by atomic mass is 10.3. The highest BCUT2D eigenvalue weighted by molar-refractivity contribution is 9.09. The van der Waals surface area contributed by atoms with Gasteiger partial charge in [0.15, 0.2) is 0 Å². The molecule has 1 aromatic heterocycles. The molecule has 0 aliphatic carbocycles. The van der Waals surface area contributed by atoms with Crippen LogP contribution in [0.3, 0.4) is 0 Å². The van der Waals surface area contributed by atoms with Crippen molar-refractivity contribution in [2.45, 2.75) is 13.3 Å². The van der Waals surface area contributed by atoms with Crippen LogP contribution in [0.5, 0.6) is 0 Å². The molecule has 0 aliphatic rings. The van der Waals surface area contributed by atoms with Crippen molar-refractivity contribution in [1.29, 1.82) is 0 Å². The molecule has 0 aromatic carbocycles. The maximum absolute atomic E-state index is 11.5. The number of halogens is 1. The van der Waals surface area contributed by atoms with Gasteiger partial charge in [-0.2, -0.15) is 0 Å². The Bertz CT molecular complexity index is 378. The van der Waals surface area contributed by atoms with E-state index in [2.05, 4.69) is 21.2 Å². The largest absolute Gasteiger partial charge is 0.462 e. The predicted molar refractivity (Wildman–Crippen MR) is 67.3 cm³/mol. The van der Waals surface area contributed by atoms with E-state index in [-0.39, 0.29) is 5.91 Å². The van der Waals surface area contributed by atoms with E-state index >= 15 is 0 Å². The second-order valence-electron chi connectivity index (χ2n) is 2.87. The minimum absolute atomic E-state index is 0.120. The number of amides is 1. The molecule has 16 heavy (non-hydrogen) atoms. The maximum Gasteiger partial charge on any atom is 0.341 e. The number of rotatable bonds is 5. The Labute approximate surface area is 106 Å². The van der Waals surface area contributed by atoms with Crippen molar-refractivity contribution in [3.63, 3.8) is 0 Å². The van der Waals surface area contributed by atoms with Crippen LogP contribution in [0.4, 0.5) is 5.00 Å². The first-order valence-corrected chi connectivity index (χ1v) is 6.79. The fourth-order valence-corrected chi connectivity index (χ4v) is 2.20. The molecule has 0 saturated carbocycles. The van der Waals surface area contributed by atoms with Gasteiger partial charge in [-0.25, -0.2) is 4.79 Å². The van der Waals surface area contributed by atoms with E-state index in [9.17, 15) is 9.59 Å². The topological polar surface area (TPSA) is 55.4 Å². The third-order valence-corrected chi connectivity index (χ3v) is 2.96. The molecule has 0 saturated heterocycles. The monoisotopic (exact) mass is 305 g/mol. The molecule has 1 amide bonds. The summed E-state index contributed by atoms with van der Waals surface area (Å²) in [6.45, 7) is 2.07. The fourth-order valence-electron chi connectivity index (χ4n) is 1.05. The molecule has 4 nitrogen and oxygen atoms in total. The van der Waals surface area contributed by atoms with Crippen molar-refractivity contribution in [1.82, 2.24) is 0 Å². The number of anilines is 1. The zero-order valence-electron chi connectivity index (χ0n) is 8.79. The highest BCUT2D eigenvalue weighted by Gasteiger charge is 2.15. The van der Waals surface area contributed by atoms with Crippen LogP contribution in [-0.4, -0.2) is 23.8 Å². The van der Waals surface area contributed by atoms with Gasteiger partial charge in [0.2, 0.25) is 5.91 Å². The zero-order chi connectivity index (χ0) is 12.0. The van der Waals surface area contributed by atoms with Crippen LogP contribution < -0.4 is 5.32 Å². The zero-order valence-corrected chi connectivity index (χ0v) is 11.2. The van der Waals surface area contributed by atoms with Crippen LogP contribution in [-0.2, 0) is 9.53 Å². The first-order valence-electron chi connectivity index (χ1n) is 4.79. The van der Waals surface area contributed by atoms with Crippen LogP contribution in [0.2, 0.25) is 0 Å². The molecule has 0 radical (unpaired) electrons. The molecule has 1 heterocycles. The van der Waals surface area contributed by atoms with Gasteiger partial charge in [-0.3, -0.25) is 4.79 Å². The fraction of sp³-hybridized carbons (Fsp3) is 0.400. The van der Waals surface area contributed by atoms with E-state index in [1.807, 2.05) is 0 Å². The number of carbonyl (C=O) groups is 2. The lowest BCUT2D eigenvalue weighted by Crippen LogP contribution is -2.14. The number of thiophene rings is 1. The Balaban J connectivity index is 2.70. The average molecular weight is 306 g/mol. The highest BCUT2D eigenvalue weighted by atomic mass is 79.9. The first-order chi connectivity index (χ1) is 7.69. The Morgan fingerprint density at radius 1 is 1.56 bits per heavy atom. The first kappa shape index (κ1) is 13.2. The second-order valence-corrected chi connectivity index (χ2v) is 4.58. The van der Waals surface area contributed by atoms with Gasteiger partial charge < -0.3 is 10.1 Å². The molecule has 1 rings (SSSR count). The van der Waals surface area contributed by atoms with Crippen molar-refractivity contribution in [3.05, 3.63) is 17.0 Å². The Morgan fingerprint density at radius 3 is 2.94 bits per heavy atom. The standard InChI is InChI=1S/C10H12BrNO3S/c1-2-15-10(14)7-4-6-16-9(7)12-8(13)3-5-11/h4,6H,2-3,5H2,1H3,(H,12,13). The number of alkyl halides is 1. The van der Waals surface area contributed by atoms with E-state index in [4.69, 9.17) is 4.74 Å². The lowest BCUT2D eigenvalue weighted by molar-refractivity contribution is -0.115. The van der Waals surface area contributed by atoms with Crippen molar-refractivity contribution >= 4 is 44.1 Å². The lowest BCUT2D eigenvalue weighted by Gasteiger charge is -2.04. The quantitative estimate of drug-likeness (QED) is 0.672. The van der Waals surface area contributed by atoms with E-state index in [1.54, 1.807) is 18.4 Å². The summed E-state index contributed by atoms with van der Waals surface area (Å²) in [6.07, 6.45) is 0.375. The Kier molecular flexibility index (Phi) is 5.48. The summed E-state index contributed by atoms with van der Waals surface area (Å²) >= 11 is 4.49. The third-order valence-electron chi connectivity index (χ3n) is 1.74. The number of carbonyl (C=O) groups excluding carboxylic acids is 2. The molecule has 0 unspecified atom stereocenters. The smallest absolute Gasteiger partial charge is 0.341 e. The van der Waals surface area contributed by atoms with Crippen LogP contribution in [0.1, 0.15) is 23.7 Å². The van der Waals surface area contributed by atoms with Gasteiger partial charge in [0.25, 0.3) is 0 Å². The molecule has 88 valence electrons. The van der Waals surface area contributed by atoms with Crippen molar-refractivity contribution in [2.75, 3.05) is 17.3 Å². The van der Waals surface area contributed by atoms with E-state index in [0.717, 1.165) is 0 Å². The highest BCUT2D eigenvalue weighted by Crippen LogP contribution is 2.24. The van der Waals surface area contributed by atoms with E-state index in [1.165, 1.54) is 11.3 Å². The molecule has 1 N–H and O–H groups in total. The van der Waals surface area contributed by atoms with Crippen molar-refractivity contribution in [3.8, 4) is 0 Å². The van der Waals surface area contributed by atoms with Crippen LogP contribution in [0.15, 0.2) is 11.4 Å². The van der Waals surface area contributed by atoms with Gasteiger partial charge in [0.1, 0.15) is 5.00 Å². The third kappa shape index (κ3) is 3.61. The maximum atomic E-state index is 11.5. The van der Waals surface area contributed by atoms with Crippen LogP contribution >= 0.6 is 27.3 Å². The molecule has 0 fully saturated rings. The number of nitrogens with one attached hydrogen (secondary N) is 1. The molecule has 0 aliphatic heterocycles. The molecule has 6 heteroatoms. The summed E-state index contributed by atoms with van der Waals surface area (Å²) in [6, 6.07) is 1.65. The van der Waals surface area contributed by atoms with E-state index in [0.29, 0.717) is 28.9 Å². The Morgan fingerprint density at radius 2 is 2.31 bits per heavy atom. The summed E-state index contributed by atoms with van der Waals surface area (Å²) in [7, 11) is 0.